The number of carbonyl (C=O) groups excluding carboxylic acids is 3. The smallest absolute Gasteiger partial charge is 0.312 e. The Morgan fingerprint density at radius 1 is 0.971 bits per heavy atom. The molecule has 9 heteroatoms. The number of rotatable bonds is 6. The topological polar surface area (TPSA) is 64.2 Å². The van der Waals surface area contributed by atoms with Gasteiger partial charge in [0.1, 0.15) is 11.9 Å². The quantitative estimate of drug-likeness (QED) is 0.589. The molecule has 0 radical (unpaired) electrons. The molecule has 7 nitrogen and oxygen atoms in total. The summed E-state index contributed by atoms with van der Waals surface area (Å²) in [6.45, 7) is 5.11. The van der Waals surface area contributed by atoms with E-state index in [2.05, 4.69) is 4.90 Å². The Kier molecular flexibility index (Phi) is 7.36. The second kappa shape index (κ2) is 10.4. The molecule has 180 valence electrons. The van der Waals surface area contributed by atoms with E-state index in [0.29, 0.717) is 50.7 Å². The van der Waals surface area contributed by atoms with E-state index in [1.54, 1.807) is 17.0 Å². The predicted octanol–water partition coefficient (Wildman–Crippen LogP) is 2.78. The lowest BCUT2D eigenvalue weighted by Gasteiger charge is -2.41. The summed E-state index contributed by atoms with van der Waals surface area (Å²) in [6, 6.07) is 12.8. The van der Waals surface area contributed by atoms with Crippen molar-refractivity contribution in [3.63, 3.8) is 0 Å². The van der Waals surface area contributed by atoms with E-state index in [9.17, 15) is 18.8 Å². The van der Waals surface area contributed by atoms with Gasteiger partial charge in [-0.25, -0.2) is 4.39 Å². The van der Waals surface area contributed by atoms with Crippen LogP contribution in [0.2, 0.25) is 5.02 Å². The van der Waals surface area contributed by atoms with Crippen LogP contribution < -0.4 is 4.90 Å². The lowest BCUT2D eigenvalue weighted by atomic mass is 10.1. The Bertz CT molecular complexity index is 1060. The first-order chi connectivity index (χ1) is 16.4. The van der Waals surface area contributed by atoms with Gasteiger partial charge in [0.2, 0.25) is 5.91 Å². The van der Waals surface area contributed by atoms with Crippen LogP contribution in [0, 0.1) is 5.82 Å². The maximum Gasteiger partial charge on any atom is 0.312 e. The first-order valence-electron chi connectivity index (χ1n) is 11.5. The number of anilines is 1. The first kappa shape index (κ1) is 24.0. The minimum absolute atomic E-state index is 0.124. The molecule has 0 N–H and O–H groups in total. The molecule has 2 heterocycles. The molecule has 0 spiro atoms. The van der Waals surface area contributed by atoms with E-state index in [1.807, 2.05) is 31.2 Å². The van der Waals surface area contributed by atoms with Crippen LogP contribution in [0.25, 0.3) is 0 Å². The molecule has 2 saturated heterocycles. The van der Waals surface area contributed by atoms with Crippen molar-refractivity contribution in [2.45, 2.75) is 25.9 Å². The van der Waals surface area contributed by atoms with Crippen molar-refractivity contribution in [3.05, 3.63) is 64.9 Å². The molecule has 4 rings (SSSR count). The fourth-order valence-electron chi connectivity index (χ4n) is 4.55. The van der Waals surface area contributed by atoms with Gasteiger partial charge >= 0.3 is 11.8 Å². The molecule has 2 aliphatic rings. The zero-order chi connectivity index (χ0) is 24.2. The van der Waals surface area contributed by atoms with Gasteiger partial charge < -0.3 is 19.6 Å². The van der Waals surface area contributed by atoms with Gasteiger partial charge in [-0.1, -0.05) is 36.7 Å². The van der Waals surface area contributed by atoms with Crippen LogP contribution in [0.15, 0.2) is 48.5 Å². The van der Waals surface area contributed by atoms with Crippen molar-refractivity contribution in [1.82, 2.24) is 14.7 Å². The number of hydrogen-bond donors (Lipinski definition) is 0. The minimum Gasteiger partial charge on any atom is -0.368 e. The zero-order valence-corrected chi connectivity index (χ0v) is 19.9. The maximum atomic E-state index is 13.3. The van der Waals surface area contributed by atoms with Gasteiger partial charge in [-0.15, -0.1) is 0 Å². The Morgan fingerprint density at radius 3 is 2.32 bits per heavy atom. The Hall–Kier alpha value is -3.13. The molecule has 1 atom stereocenters. The molecule has 2 aliphatic heterocycles. The lowest BCUT2D eigenvalue weighted by Crippen LogP contribution is -2.61. The third-order valence-electron chi connectivity index (χ3n) is 6.44. The largest absolute Gasteiger partial charge is 0.368 e. The van der Waals surface area contributed by atoms with Crippen LogP contribution in [0.5, 0.6) is 0 Å². The highest BCUT2D eigenvalue weighted by Crippen LogP contribution is 2.22. The third kappa shape index (κ3) is 5.17. The normalized spacial score (nSPS) is 17.9. The fourth-order valence-corrected chi connectivity index (χ4v) is 4.73. The lowest BCUT2D eigenvalue weighted by molar-refractivity contribution is -0.161. The average Bonchev–Trinajstić information content (AvgIpc) is 2.85. The summed E-state index contributed by atoms with van der Waals surface area (Å²) in [4.78, 5) is 45.8. The van der Waals surface area contributed by atoms with Crippen molar-refractivity contribution in [2.75, 3.05) is 44.2 Å². The average molecular weight is 487 g/mol. The van der Waals surface area contributed by atoms with Gasteiger partial charge in [0.05, 0.1) is 0 Å². The Balaban J connectivity index is 1.36. The molecule has 0 aromatic heterocycles. The highest BCUT2D eigenvalue weighted by molar-refractivity contribution is 6.35. The minimum atomic E-state index is -0.665. The second-order valence-electron chi connectivity index (χ2n) is 8.57. The highest BCUT2D eigenvalue weighted by atomic mass is 35.5. The van der Waals surface area contributed by atoms with Crippen LogP contribution in [0.1, 0.15) is 18.9 Å². The molecule has 0 unspecified atom stereocenters. The molecule has 0 saturated carbocycles. The summed E-state index contributed by atoms with van der Waals surface area (Å²) in [6.07, 6.45) is 0.435. The highest BCUT2D eigenvalue weighted by Gasteiger charge is 2.40. The van der Waals surface area contributed by atoms with Gasteiger partial charge in [-0.05, 0) is 42.3 Å². The number of benzene rings is 2. The molecule has 0 bridgehead atoms. The standard InChI is InChI=1S/C25H28ClFN4O3/c1-2-22(23(32)29-12-10-28(11-13-29)21-5-3-4-19(26)16-21)31-15-14-30(24(33)25(31)34)17-18-6-8-20(27)9-7-18/h3-9,16,22H,2,10-15,17H2,1H3/t22-/m1/s1. The van der Waals surface area contributed by atoms with Crippen molar-refractivity contribution in [3.8, 4) is 0 Å². The summed E-state index contributed by atoms with van der Waals surface area (Å²) in [5.41, 5.74) is 1.77. The van der Waals surface area contributed by atoms with Gasteiger partial charge in [-0.2, -0.15) is 0 Å². The van der Waals surface area contributed by atoms with E-state index in [4.69, 9.17) is 11.6 Å². The number of piperazine rings is 2. The van der Waals surface area contributed by atoms with E-state index in [-0.39, 0.29) is 18.3 Å². The maximum absolute atomic E-state index is 13.3. The number of carbonyl (C=O) groups is 3. The van der Waals surface area contributed by atoms with E-state index >= 15 is 0 Å². The van der Waals surface area contributed by atoms with Crippen LogP contribution in [-0.2, 0) is 20.9 Å². The molecule has 2 aromatic carbocycles. The van der Waals surface area contributed by atoms with Gasteiger partial charge in [0.25, 0.3) is 0 Å². The van der Waals surface area contributed by atoms with Gasteiger partial charge in [-0.3, -0.25) is 14.4 Å². The van der Waals surface area contributed by atoms with Crippen LogP contribution in [-0.4, -0.2) is 77.7 Å². The summed E-state index contributed by atoms with van der Waals surface area (Å²) >= 11 is 6.10. The summed E-state index contributed by atoms with van der Waals surface area (Å²) in [5.74, 6) is -1.77. The van der Waals surface area contributed by atoms with Crippen molar-refractivity contribution >= 4 is 35.0 Å². The Morgan fingerprint density at radius 2 is 1.68 bits per heavy atom. The first-order valence-corrected chi connectivity index (χ1v) is 11.9. The fraction of sp³-hybridized carbons (Fsp3) is 0.400. The predicted molar refractivity (Wildman–Crippen MR) is 128 cm³/mol. The molecule has 0 aliphatic carbocycles. The zero-order valence-electron chi connectivity index (χ0n) is 19.1. The number of nitrogens with zero attached hydrogens (tertiary/aromatic N) is 4. The second-order valence-corrected chi connectivity index (χ2v) is 9.00. The molecular weight excluding hydrogens is 459 g/mol. The molecule has 3 amide bonds. The Labute approximate surface area is 203 Å². The van der Waals surface area contributed by atoms with Crippen LogP contribution in [0.3, 0.4) is 0 Å². The van der Waals surface area contributed by atoms with Crippen molar-refractivity contribution in [2.24, 2.45) is 0 Å². The number of amides is 3. The van der Waals surface area contributed by atoms with E-state index in [0.717, 1.165) is 11.3 Å². The monoisotopic (exact) mass is 486 g/mol. The van der Waals surface area contributed by atoms with Crippen LogP contribution >= 0.6 is 11.6 Å². The molecule has 2 fully saturated rings. The summed E-state index contributed by atoms with van der Waals surface area (Å²) < 4.78 is 13.2. The number of halogens is 2. The summed E-state index contributed by atoms with van der Waals surface area (Å²) in [7, 11) is 0. The summed E-state index contributed by atoms with van der Waals surface area (Å²) in [5, 5.41) is 0.670. The van der Waals surface area contributed by atoms with E-state index in [1.165, 1.54) is 21.9 Å². The molecular formula is C25H28ClFN4O3. The molecule has 2 aromatic rings. The van der Waals surface area contributed by atoms with Gasteiger partial charge in [0.15, 0.2) is 0 Å². The van der Waals surface area contributed by atoms with E-state index < -0.39 is 17.9 Å². The van der Waals surface area contributed by atoms with Crippen LogP contribution in [0.4, 0.5) is 10.1 Å². The number of hydrogen-bond acceptors (Lipinski definition) is 4. The third-order valence-corrected chi connectivity index (χ3v) is 6.68. The SMILES string of the molecule is CC[C@H](C(=O)N1CCN(c2cccc(Cl)c2)CC1)N1CCN(Cc2ccc(F)cc2)C(=O)C1=O. The van der Waals surface area contributed by atoms with Crippen molar-refractivity contribution in [1.29, 1.82) is 0 Å². The van der Waals surface area contributed by atoms with Crippen molar-refractivity contribution < 1.29 is 18.8 Å². The molecule has 34 heavy (non-hydrogen) atoms. The van der Waals surface area contributed by atoms with Gasteiger partial charge in [0, 0.05) is 56.5 Å².